The molecule has 2 rings (SSSR count). The van der Waals surface area contributed by atoms with Crippen LogP contribution < -0.4 is 10.1 Å². The molecular formula is C15H23NO3. The second kappa shape index (κ2) is 7.48. The summed E-state index contributed by atoms with van der Waals surface area (Å²) in [5.74, 6) is 1.52. The fraction of sp³-hybridized carbons (Fsp3) is 0.600. The van der Waals surface area contributed by atoms with Crippen LogP contribution in [-0.4, -0.2) is 44.6 Å². The van der Waals surface area contributed by atoms with Crippen LogP contribution in [0.1, 0.15) is 24.3 Å². The van der Waals surface area contributed by atoms with Gasteiger partial charge in [-0.1, -0.05) is 18.2 Å². The molecule has 0 spiro atoms. The van der Waals surface area contributed by atoms with E-state index >= 15 is 0 Å². The number of hydrogen-bond acceptors (Lipinski definition) is 4. The van der Waals surface area contributed by atoms with Crippen LogP contribution in [0.15, 0.2) is 24.3 Å². The van der Waals surface area contributed by atoms with Crippen LogP contribution in [0.25, 0.3) is 0 Å². The van der Waals surface area contributed by atoms with Crippen molar-refractivity contribution in [2.24, 2.45) is 0 Å². The van der Waals surface area contributed by atoms with Crippen LogP contribution in [0, 0.1) is 0 Å². The molecule has 1 heterocycles. The normalized spacial score (nSPS) is 19.6. The maximum absolute atomic E-state index is 9.56. The monoisotopic (exact) mass is 265 g/mol. The van der Waals surface area contributed by atoms with Gasteiger partial charge in [0.25, 0.3) is 0 Å². The van der Waals surface area contributed by atoms with Gasteiger partial charge in [0.15, 0.2) is 0 Å². The molecule has 0 fully saturated rings. The lowest BCUT2D eigenvalue weighted by Gasteiger charge is -2.26. The molecule has 0 bridgehead atoms. The van der Waals surface area contributed by atoms with Crippen molar-refractivity contribution in [3.8, 4) is 5.75 Å². The Bertz CT molecular complexity index is 383. The maximum Gasteiger partial charge on any atom is 0.122 e. The molecule has 0 aromatic heterocycles. The highest BCUT2D eigenvalue weighted by molar-refractivity contribution is 5.37. The van der Waals surface area contributed by atoms with Gasteiger partial charge >= 0.3 is 0 Å². The molecule has 2 unspecified atom stereocenters. The molecule has 0 radical (unpaired) electrons. The molecule has 0 saturated carbocycles. The first-order valence-corrected chi connectivity index (χ1v) is 6.90. The van der Waals surface area contributed by atoms with Gasteiger partial charge in [-0.25, -0.2) is 0 Å². The number of fused-ring (bicyclic) bond motifs is 1. The van der Waals surface area contributed by atoms with Gasteiger partial charge in [-0.3, -0.25) is 0 Å². The number of aliphatic hydroxyl groups is 1. The lowest BCUT2D eigenvalue weighted by atomic mass is 9.93. The Hall–Kier alpha value is -1.10. The SMILES string of the molecule is COCC(O)CCNCC1CCOc2ccccc21. The van der Waals surface area contributed by atoms with E-state index in [1.54, 1.807) is 7.11 Å². The Balaban J connectivity index is 1.75. The van der Waals surface area contributed by atoms with Gasteiger partial charge < -0.3 is 19.9 Å². The van der Waals surface area contributed by atoms with Crippen molar-refractivity contribution in [1.29, 1.82) is 0 Å². The third-order valence-corrected chi connectivity index (χ3v) is 3.49. The van der Waals surface area contributed by atoms with Crippen molar-refractivity contribution < 1.29 is 14.6 Å². The zero-order valence-electron chi connectivity index (χ0n) is 11.5. The Morgan fingerprint density at radius 3 is 3.16 bits per heavy atom. The van der Waals surface area contributed by atoms with Gasteiger partial charge in [0.05, 0.1) is 19.3 Å². The highest BCUT2D eigenvalue weighted by Crippen LogP contribution is 2.32. The number of para-hydroxylation sites is 1. The van der Waals surface area contributed by atoms with E-state index in [1.165, 1.54) is 5.56 Å². The molecule has 106 valence electrons. The number of benzene rings is 1. The minimum absolute atomic E-state index is 0.375. The fourth-order valence-corrected chi connectivity index (χ4v) is 2.45. The minimum atomic E-state index is -0.375. The molecule has 0 saturated heterocycles. The van der Waals surface area contributed by atoms with Crippen molar-refractivity contribution in [3.05, 3.63) is 29.8 Å². The zero-order valence-corrected chi connectivity index (χ0v) is 11.5. The van der Waals surface area contributed by atoms with E-state index in [2.05, 4.69) is 17.4 Å². The second-order valence-electron chi connectivity index (χ2n) is 4.97. The maximum atomic E-state index is 9.56. The first-order valence-electron chi connectivity index (χ1n) is 6.90. The highest BCUT2D eigenvalue weighted by Gasteiger charge is 2.20. The number of aliphatic hydroxyl groups excluding tert-OH is 1. The molecule has 1 aromatic rings. The number of hydrogen-bond donors (Lipinski definition) is 2. The van der Waals surface area contributed by atoms with Crippen LogP contribution in [0.4, 0.5) is 0 Å². The summed E-state index contributed by atoms with van der Waals surface area (Å²) in [7, 11) is 1.61. The summed E-state index contributed by atoms with van der Waals surface area (Å²) >= 11 is 0. The third kappa shape index (κ3) is 4.20. The van der Waals surface area contributed by atoms with E-state index in [0.29, 0.717) is 12.5 Å². The Morgan fingerprint density at radius 1 is 1.47 bits per heavy atom. The zero-order chi connectivity index (χ0) is 13.5. The summed E-state index contributed by atoms with van der Waals surface area (Å²) in [5, 5.41) is 13.0. The summed E-state index contributed by atoms with van der Waals surface area (Å²) in [4.78, 5) is 0. The molecule has 19 heavy (non-hydrogen) atoms. The van der Waals surface area contributed by atoms with E-state index in [1.807, 2.05) is 12.1 Å². The van der Waals surface area contributed by atoms with Crippen LogP contribution in [0.2, 0.25) is 0 Å². The molecule has 1 aliphatic heterocycles. The van der Waals surface area contributed by atoms with E-state index < -0.39 is 0 Å². The van der Waals surface area contributed by atoms with Gasteiger partial charge in [0.2, 0.25) is 0 Å². The summed E-state index contributed by atoms with van der Waals surface area (Å²) < 4.78 is 10.5. The molecule has 2 atom stereocenters. The summed E-state index contributed by atoms with van der Waals surface area (Å²) in [5.41, 5.74) is 1.29. The summed E-state index contributed by atoms with van der Waals surface area (Å²) in [6.07, 6.45) is 1.39. The fourth-order valence-electron chi connectivity index (χ4n) is 2.45. The number of methoxy groups -OCH3 is 1. The van der Waals surface area contributed by atoms with Crippen LogP contribution >= 0.6 is 0 Å². The summed E-state index contributed by atoms with van der Waals surface area (Å²) in [6, 6.07) is 8.24. The molecule has 4 heteroatoms. The molecule has 0 amide bonds. The van der Waals surface area contributed by atoms with Gasteiger partial charge in [-0.15, -0.1) is 0 Å². The van der Waals surface area contributed by atoms with Crippen LogP contribution in [0.3, 0.4) is 0 Å². The van der Waals surface area contributed by atoms with Crippen molar-refractivity contribution in [3.63, 3.8) is 0 Å². The van der Waals surface area contributed by atoms with Gasteiger partial charge in [0.1, 0.15) is 5.75 Å². The van der Waals surface area contributed by atoms with E-state index in [9.17, 15) is 5.11 Å². The first-order chi connectivity index (χ1) is 9.31. The number of ether oxygens (including phenoxy) is 2. The smallest absolute Gasteiger partial charge is 0.122 e. The van der Waals surface area contributed by atoms with Crippen LogP contribution in [0.5, 0.6) is 5.75 Å². The van der Waals surface area contributed by atoms with Crippen LogP contribution in [-0.2, 0) is 4.74 Å². The van der Waals surface area contributed by atoms with E-state index in [-0.39, 0.29) is 6.10 Å². The van der Waals surface area contributed by atoms with Gasteiger partial charge in [-0.2, -0.15) is 0 Å². The molecule has 2 N–H and O–H groups in total. The van der Waals surface area contributed by atoms with Crippen molar-refractivity contribution >= 4 is 0 Å². The average molecular weight is 265 g/mol. The largest absolute Gasteiger partial charge is 0.493 e. The second-order valence-corrected chi connectivity index (χ2v) is 4.97. The molecular weight excluding hydrogens is 242 g/mol. The van der Waals surface area contributed by atoms with E-state index in [0.717, 1.165) is 38.3 Å². The lowest BCUT2D eigenvalue weighted by molar-refractivity contribution is 0.0593. The average Bonchev–Trinajstić information content (AvgIpc) is 2.44. The Labute approximate surface area is 114 Å². The standard InChI is InChI=1S/C15H23NO3/c1-18-11-13(17)6-8-16-10-12-7-9-19-15-5-3-2-4-14(12)15/h2-5,12-13,16-17H,6-11H2,1H3. The lowest BCUT2D eigenvalue weighted by Crippen LogP contribution is -2.29. The number of rotatable bonds is 7. The van der Waals surface area contributed by atoms with Gasteiger partial charge in [0, 0.05) is 19.6 Å². The van der Waals surface area contributed by atoms with Crippen molar-refractivity contribution in [2.75, 3.05) is 33.4 Å². The van der Waals surface area contributed by atoms with Crippen molar-refractivity contribution in [2.45, 2.75) is 24.9 Å². The molecule has 1 aromatic carbocycles. The summed E-state index contributed by atoms with van der Waals surface area (Å²) in [6.45, 7) is 2.93. The van der Waals surface area contributed by atoms with Gasteiger partial charge in [-0.05, 0) is 31.0 Å². The van der Waals surface area contributed by atoms with Crippen molar-refractivity contribution in [1.82, 2.24) is 5.32 Å². The van der Waals surface area contributed by atoms with E-state index in [4.69, 9.17) is 9.47 Å². The Morgan fingerprint density at radius 2 is 2.32 bits per heavy atom. The topological polar surface area (TPSA) is 50.7 Å². The highest BCUT2D eigenvalue weighted by atomic mass is 16.5. The molecule has 4 nitrogen and oxygen atoms in total. The predicted molar refractivity (Wildman–Crippen MR) is 74.7 cm³/mol. The molecule has 1 aliphatic rings. The minimum Gasteiger partial charge on any atom is -0.493 e. The Kier molecular flexibility index (Phi) is 5.63. The molecule has 0 aliphatic carbocycles. The first kappa shape index (κ1) is 14.3. The predicted octanol–water partition coefficient (Wildman–Crippen LogP) is 1.54. The third-order valence-electron chi connectivity index (χ3n) is 3.49. The quantitative estimate of drug-likeness (QED) is 0.734. The number of nitrogens with one attached hydrogen (secondary N) is 1.